The summed E-state index contributed by atoms with van der Waals surface area (Å²) in [6, 6.07) is 14.1. The molecule has 0 fully saturated rings. The molecular weight excluding hydrogens is 298 g/mol. The Kier molecular flexibility index (Phi) is 6.24. The van der Waals surface area contributed by atoms with Crippen LogP contribution in [0.4, 0.5) is 17.1 Å². The van der Waals surface area contributed by atoms with E-state index in [2.05, 4.69) is 48.4 Å². The van der Waals surface area contributed by atoms with Crippen LogP contribution >= 0.6 is 0 Å². The van der Waals surface area contributed by atoms with E-state index in [1.165, 1.54) is 5.69 Å². The van der Waals surface area contributed by atoms with Crippen molar-refractivity contribution in [2.75, 3.05) is 35.2 Å². The van der Waals surface area contributed by atoms with E-state index in [0.29, 0.717) is 0 Å². The number of amides is 1. The fourth-order valence-corrected chi connectivity index (χ4v) is 2.74. The molecule has 128 valence electrons. The van der Waals surface area contributed by atoms with Crippen LogP contribution in [0, 0.1) is 13.8 Å². The molecule has 0 bridgehead atoms. The first-order valence-electron chi connectivity index (χ1n) is 8.49. The van der Waals surface area contributed by atoms with Gasteiger partial charge in [0.15, 0.2) is 0 Å². The molecule has 0 radical (unpaired) electrons. The third-order valence-electron chi connectivity index (χ3n) is 4.08. The van der Waals surface area contributed by atoms with Gasteiger partial charge in [-0.2, -0.15) is 0 Å². The minimum absolute atomic E-state index is 0.0483. The Balaban J connectivity index is 1.95. The summed E-state index contributed by atoms with van der Waals surface area (Å²) in [6.07, 6.45) is 0. The van der Waals surface area contributed by atoms with Crippen LogP contribution in [0.1, 0.15) is 25.0 Å². The van der Waals surface area contributed by atoms with Crippen molar-refractivity contribution in [2.24, 2.45) is 0 Å². The van der Waals surface area contributed by atoms with Gasteiger partial charge in [0.1, 0.15) is 0 Å². The van der Waals surface area contributed by atoms with Gasteiger partial charge < -0.3 is 15.5 Å². The molecule has 0 heterocycles. The first-order chi connectivity index (χ1) is 11.5. The number of aryl methyl sites for hydroxylation is 2. The number of hydrogen-bond acceptors (Lipinski definition) is 3. The maximum atomic E-state index is 12.1. The molecule has 0 aromatic heterocycles. The fraction of sp³-hybridized carbons (Fsp3) is 0.350. The first-order valence-corrected chi connectivity index (χ1v) is 8.49. The molecule has 2 aromatic carbocycles. The van der Waals surface area contributed by atoms with E-state index in [1.807, 2.05) is 37.3 Å². The minimum atomic E-state index is -0.0483. The van der Waals surface area contributed by atoms with Crippen molar-refractivity contribution in [3.63, 3.8) is 0 Å². The van der Waals surface area contributed by atoms with Crippen molar-refractivity contribution in [1.82, 2.24) is 0 Å². The molecular formula is C20H27N3O. The number of carbonyl (C=O) groups excluding carboxylic acids is 1. The van der Waals surface area contributed by atoms with E-state index in [9.17, 15) is 4.79 Å². The van der Waals surface area contributed by atoms with Crippen LogP contribution in [0.15, 0.2) is 42.5 Å². The summed E-state index contributed by atoms with van der Waals surface area (Å²) in [4.78, 5) is 14.4. The van der Waals surface area contributed by atoms with Gasteiger partial charge >= 0.3 is 0 Å². The molecule has 2 N–H and O–H groups in total. The first kappa shape index (κ1) is 17.9. The highest BCUT2D eigenvalue weighted by atomic mass is 16.1. The summed E-state index contributed by atoms with van der Waals surface area (Å²) in [5.41, 5.74) is 5.30. The summed E-state index contributed by atoms with van der Waals surface area (Å²) in [5.74, 6) is -0.0483. The smallest absolute Gasteiger partial charge is 0.243 e. The number of anilines is 3. The number of rotatable bonds is 7. The maximum absolute atomic E-state index is 12.1. The highest BCUT2D eigenvalue weighted by molar-refractivity contribution is 5.93. The lowest BCUT2D eigenvalue weighted by Gasteiger charge is -2.22. The molecule has 4 nitrogen and oxygen atoms in total. The number of nitrogens with zero attached hydrogens (tertiary/aromatic N) is 1. The highest BCUT2D eigenvalue weighted by Gasteiger charge is 2.07. The second-order valence-corrected chi connectivity index (χ2v) is 5.94. The summed E-state index contributed by atoms with van der Waals surface area (Å²) >= 11 is 0. The molecule has 1 amide bonds. The fourth-order valence-electron chi connectivity index (χ4n) is 2.74. The summed E-state index contributed by atoms with van der Waals surface area (Å²) in [7, 11) is 0. The van der Waals surface area contributed by atoms with Crippen molar-refractivity contribution in [3.05, 3.63) is 53.6 Å². The Morgan fingerprint density at radius 2 is 1.79 bits per heavy atom. The van der Waals surface area contributed by atoms with Crippen molar-refractivity contribution < 1.29 is 4.79 Å². The van der Waals surface area contributed by atoms with Gasteiger partial charge in [0.25, 0.3) is 0 Å². The third-order valence-corrected chi connectivity index (χ3v) is 4.08. The monoisotopic (exact) mass is 325 g/mol. The minimum Gasteiger partial charge on any atom is -0.376 e. The van der Waals surface area contributed by atoms with E-state index < -0.39 is 0 Å². The molecule has 0 aliphatic carbocycles. The molecule has 0 aliphatic rings. The molecule has 0 spiro atoms. The Morgan fingerprint density at radius 1 is 1.04 bits per heavy atom. The molecule has 4 heteroatoms. The van der Waals surface area contributed by atoms with E-state index in [1.54, 1.807) is 0 Å². The lowest BCUT2D eigenvalue weighted by molar-refractivity contribution is -0.114. The number of benzene rings is 2. The van der Waals surface area contributed by atoms with E-state index in [0.717, 1.165) is 35.6 Å². The zero-order valence-corrected chi connectivity index (χ0v) is 15.0. The molecule has 0 atom stereocenters. The van der Waals surface area contributed by atoms with Crippen LogP contribution in [-0.4, -0.2) is 25.5 Å². The van der Waals surface area contributed by atoms with Crippen molar-refractivity contribution in [1.29, 1.82) is 0 Å². The Hall–Kier alpha value is -2.49. The van der Waals surface area contributed by atoms with E-state index in [4.69, 9.17) is 0 Å². The maximum Gasteiger partial charge on any atom is 0.243 e. The van der Waals surface area contributed by atoms with Crippen LogP contribution < -0.4 is 15.5 Å². The standard InChI is InChI=1S/C20H27N3O/c1-5-23(6-2)18-10-11-19(16(4)13-18)21-14-20(24)22-17-9-7-8-15(3)12-17/h7-13,21H,5-6,14H2,1-4H3,(H,22,24). The molecule has 2 rings (SSSR count). The second-order valence-electron chi connectivity index (χ2n) is 5.94. The predicted octanol–water partition coefficient (Wildman–Crippen LogP) is 4.20. The summed E-state index contributed by atoms with van der Waals surface area (Å²) in [6.45, 7) is 10.6. The Morgan fingerprint density at radius 3 is 2.42 bits per heavy atom. The van der Waals surface area contributed by atoms with Gasteiger partial charge in [0.2, 0.25) is 5.91 Å². The van der Waals surface area contributed by atoms with Gasteiger partial charge in [0, 0.05) is 30.2 Å². The van der Waals surface area contributed by atoms with Gasteiger partial charge in [-0.3, -0.25) is 4.79 Å². The largest absolute Gasteiger partial charge is 0.376 e. The average molecular weight is 325 g/mol. The van der Waals surface area contributed by atoms with Crippen LogP contribution in [0.3, 0.4) is 0 Å². The number of nitrogens with one attached hydrogen (secondary N) is 2. The quantitative estimate of drug-likeness (QED) is 0.802. The zero-order valence-electron chi connectivity index (χ0n) is 15.0. The summed E-state index contributed by atoms with van der Waals surface area (Å²) in [5, 5.41) is 6.13. The SMILES string of the molecule is CCN(CC)c1ccc(NCC(=O)Nc2cccc(C)c2)c(C)c1. The molecule has 0 saturated heterocycles. The van der Waals surface area contributed by atoms with Crippen molar-refractivity contribution in [2.45, 2.75) is 27.7 Å². The van der Waals surface area contributed by atoms with Crippen LogP contribution in [0.2, 0.25) is 0 Å². The molecule has 24 heavy (non-hydrogen) atoms. The van der Waals surface area contributed by atoms with Gasteiger partial charge in [0.05, 0.1) is 6.54 Å². The topological polar surface area (TPSA) is 44.4 Å². The van der Waals surface area contributed by atoms with Crippen LogP contribution in [0.25, 0.3) is 0 Å². The van der Waals surface area contributed by atoms with E-state index in [-0.39, 0.29) is 12.5 Å². The van der Waals surface area contributed by atoms with Crippen LogP contribution in [0.5, 0.6) is 0 Å². The van der Waals surface area contributed by atoms with E-state index >= 15 is 0 Å². The highest BCUT2D eigenvalue weighted by Crippen LogP contribution is 2.22. The van der Waals surface area contributed by atoms with Crippen molar-refractivity contribution >= 4 is 23.0 Å². The molecule has 2 aromatic rings. The molecule has 0 aliphatic heterocycles. The second kappa shape index (κ2) is 8.39. The lowest BCUT2D eigenvalue weighted by Crippen LogP contribution is -2.23. The number of carbonyl (C=O) groups is 1. The lowest BCUT2D eigenvalue weighted by atomic mass is 10.1. The molecule has 0 unspecified atom stereocenters. The average Bonchev–Trinajstić information content (AvgIpc) is 2.55. The van der Waals surface area contributed by atoms with Gasteiger partial charge in [-0.25, -0.2) is 0 Å². The normalized spacial score (nSPS) is 10.3. The van der Waals surface area contributed by atoms with Crippen molar-refractivity contribution in [3.8, 4) is 0 Å². The number of hydrogen-bond donors (Lipinski definition) is 2. The summed E-state index contributed by atoms with van der Waals surface area (Å²) < 4.78 is 0. The third kappa shape index (κ3) is 4.75. The van der Waals surface area contributed by atoms with Gasteiger partial charge in [-0.05, 0) is 69.2 Å². The molecule has 0 saturated carbocycles. The Bertz CT molecular complexity index is 693. The zero-order chi connectivity index (χ0) is 17.5. The van der Waals surface area contributed by atoms with Gasteiger partial charge in [-0.15, -0.1) is 0 Å². The van der Waals surface area contributed by atoms with Gasteiger partial charge in [-0.1, -0.05) is 12.1 Å². The van der Waals surface area contributed by atoms with Crippen LogP contribution in [-0.2, 0) is 4.79 Å². The Labute approximate surface area is 144 Å². The predicted molar refractivity (Wildman–Crippen MR) is 103 cm³/mol.